The number of nitrogens with two attached hydrogens (primary N) is 1. The maximum absolute atomic E-state index is 11.3. The quantitative estimate of drug-likeness (QED) is 0.839. The molecule has 0 atom stereocenters. The van der Waals surface area contributed by atoms with Gasteiger partial charge in [-0.1, -0.05) is 29.8 Å². The largest absolute Gasteiger partial charge is 0.365 e. The van der Waals surface area contributed by atoms with Gasteiger partial charge in [-0.3, -0.25) is 4.79 Å². The number of hydrogen-bond donors (Lipinski definition) is 2. The third-order valence-corrected chi connectivity index (χ3v) is 2.75. The summed E-state index contributed by atoms with van der Waals surface area (Å²) in [5.74, 6) is -0.252. The molecule has 0 spiro atoms. The number of nitrogens with one attached hydrogen (secondary N) is 1. The first-order valence-electron chi connectivity index (χ1n) is 5.68. The van der Waals surface area contributed by atoms with Crippen molar-refractivity contribution in [2.45, 2.75) is 13.5 Å². The zero-order valence-electron chi connectivity index (χ0n) is 10.4. The summed E-state index contributed by atoms with van der Waals surface area (Å²) in [7, 11) is 0. The predicted molar refractivity (Wildman–Crippen MR) is 74.1 cm³/mol. The van der Waals surface area contributed by atoms with Crippen LogP contribution < -0.4 is 11.1 Å². The van der Waals surface area contributed by atoms with Crippen molar-refractivity contribution in [2.75, 3.05) is 5.32 Å². The number of rotatable bonds is 4. The number of nitrogens with zero attached hydrogens (tertiary/aromatic N) is 2. The van der Waals surface area contributed by atoms with E-state index in [0.29, 0.717) is 12.4 Å². The van der Waals surface area contributed by atoms with Gasteiger partial charge in [0, 0.05) is 12.7 Å². The Morgan fingerprint density at radius 3 is 2.95 bits per heavy atom. The molecule has 2 rings (SSSR count). The lowest BCUT2D eigenvalue weighted by atomic mass is 10.1. The molecule has 0 unspecified atom stereocenters. The van der Waals surface area contributed by atoms with Crippen LogP contribution in [-0.2, 0) is 6.54 Å². The molecule has 6 heteroatoms. The molecule has 98 valence electrons. The van der Waals surface area contributed by atoms with Gasteiger partial charge in [-0.25, -0.2) is 4.98 Å². The van der Waals surface area contributed by atoms with Gasteiger partial charge in [0.15, 0.2) is 0 Å². The molecular formula is C13H13ClN4O. The highest BCUT2D eigenvalue weighted by Crippen LogP contribution is 2.15. The van der Waals surface area contributed by atoms with E-state index >= 15 is 0 Å². The van der Waals surface area contributed by atoms with Crippen molar-refractivity contribution in [1.29, 1.82) is 0 Å². The molecule has 0 fully saturated rings. The van der Waals surface area contributed by atoms with Crippen molar-refractivity contribution >= 4 is 23.3 Å². The zero-order chi connectivity index (χ0) is 13.8. The van der Waals surface area contributed by atoms with Crippen LogP contribution in [-0.4, -0.2) is 15.9 Å². The molecule has 0 aliphatic heterocycles. The molecular weight excluding hydrogens is 264 g/mol. The maximum atomic E-state index is 11.3. The molecule has 2 aromatic rings. The van der Waals surface area contributed by atoms with Gasteiger partial charge in [-0.15, -0.1) is 0 Å². The molecule has 1 aromatic carbocycles. The number of anilines is 1. The van der Waals surface area contributed by atoms with Crippen LogP contribution in [0, 0.1) is 6.92 Å². The summed E-state index contributed by atoms with van der Waals surface area (Å²) in [6.45, 7) is 2.54. The third kappa shape index (κ3) is 3.42. The molecule has 0 bridgehead atoms. The van der Waals surface area contributed by atoms with Crippen LogP contribution in [0.5, 0.6) is 0 Å². The molecule has 1 heterocycles. The number of benzene rings is 1. The Kier molecular flexibility index (Phi) is 3.97. The summed E-state index contributed by atoms with van der Waals surface area (Å²) >= 11 is 5.71. The van der Waals surface area contributed by atoms with E-state index in [4.69, 9.17) is 17.3 Å². The minimum absolute atomic E-state index is 0.0664. The Morgan fingerprint density at radius 1 is 1.47 bits per heavy atom. The van der Waals surface area contributed by atoms with E-state index in [0.717, 1.165) is 11.1 Å². The van der Waals surface area contributed by atoms with E-state index < -0.39 is 5.91 Å². The average Bonchev–Trinajstić information content (AvgIpc) is 2.36. The first-order chi connectivity index (χ1) is 9.06. The fraction of sp³-hybridized carbons (Fsp3) is 0.154. The molecule has 1 amide bonds. The van der Waals surface area contributed by atoms with Gasteiger partial charge >= 0.3 is 0 Å². The molecule has 1 aromatic heterocycles. The van der Waals surface area contributed by atoms with Crippen molar-refractivity contribution in [3.8, 4) is 0 Å². The fourth-order valence-electron chi connectivity index (χ4n) is 1.68. The van der Waals surface area contributed by atoms with Crippen LogP contribution in [0.3, 0.4) is 0 Å². The summed E-state index contributed by atoms with van der Waals surface area (Å²) in [6.07, 6.45) is 1.32. The molecule has 0 aliphatic carbocycles. The van der Waals surface area contributed by atoms with E-state index in [-0.39, 0.29) is 10.8 Å². The Balaban J connectivity index is 2.19. The Morgan fingerprint density at radius 2 is 2.26 bits per heavy atom. The van der Waals surface area contributed by atoms with Crippen molar-refractivity contribution in [3.05, 3.63) is 52.4 Å². The normalized spacial score (nSPS) is 10.2. The van der Waals surface area contributed by atoms with Crippen molar-refractivity contribution in [1.82, 2.24) is 9.97 Å². The summed E-state index contributed by atoms with van der Waals surface area (Å²) in [4.78, 5) is 19.0. The van der Waals surface area contributed by atoms with E-state index in [1.165, 1.54) is 6.20 Å². The number of aromatic nitrogens is 2. The molecule has 3 N–H and O–H groups in total. The minimum atomic E-state index is -0.594. The molecule has 0 radical (unpaired) electrons. The van der Waals surface area contributed by atoms with Crippen molar-refractivity contribution in [3.63, 3.8) is 0 Å². The van der Waals surface area contributed by atoms with Crippen LogP contribution >= 0.6 is 11.6 Å². The maximum Gasteiger partial charge on any atom is 0.254 e. The summed E-state index contributed by atoms with van der Waals surface area (Å²) in [5.41, 5.74) is 7.71. The SMILES string of the molecule is Cc1cccc(CNc2nc(Cl)ncc2C(N)=O)c1. The van der Waals surface area contributed by atoms with Gasteiger partial charge in [0.1, 0.15) is 5.82 Å². The monoisotopic (exact) mass is 276 g/mol. The first kappa shape index (κ1) is 13.3. The number of halogens is 1. The second kappa shape index (κ2) is 5.67. The van der Waals surface area contributed by atoms with Crippen LogP contribution in [0.2, 0.25) is 5.28 Å². The average molecular weight is 277 g/mol. The van der Waals surface area contributed by atoms with Crippen molar-refractivity contribution in [2.24, 2.45) is 5.73 Å². The number of primary amides is 1. The number of amides is 1. The van der Waals surface area contributed by atoms with Gasteiger partial charge < -0.3 is 11.1 Å². The van der Waals surface area contributed by atoms with Crippen LogP contribution in [0.25, 0.3) is 0 Å². The molecule has 0 saturated carbocycles. The lowest BCUT2D eigenvalue weighted by Crippen LogP contribution is -2.16. The van der Waals surface area contributed by atoms with E-state index in [1.807, 2.05) is 31.2 Å². The predicted octanol–water partition coefficient (Wildman–Crippen LogP) is 2.15. The number of aryl methyl sites for hydroxylation is 1. The highest BCUT2D eigenvalue weighted by Gasteiger charge is 2.11. The standard InChI is InChI=1S/C13H13ClN4O/c1-8-3-2-4-9(5-8)6-16-12-10(11(15)19)7-17-13(14)18-12/h2-5,7H,6H2,1H3,(H2,15,19)(H,16,17,18). The van der Waals surface area contributed by atoms with Gasteiger partial charge in [-0.05, 0) is 24.1 Å². The first-order valence-corrected chi connectivity index (χ1v) is 6.06. The highest BCUT2D eigenvalue weighted by molar-refractivity contribution is 6.28. The Labute approximate surface area is 115 Å². The fourth-order valence-corrected chi connectivity index (χ4v) is 1.82. The molecule has 19 heavy (non-hydrogen) atoms. The molecule has 5 nitrogen and oxygen atoms in total. The lowest BCUT2D eigenvalue weighted by Gasteiger charge is -2.09. The second-order valence-electron chi connectivity index (χ2n) is 4.11. The smallest absolute Gasteiger partial charge is 0.254 e. The topological polar surface area (TPSA) is 80.9 Å². The molecule has 0 saturated heterocycles. The Bertz CT molecular complexity index is 615. The second-order valence-corrected chi connectivity index (χ2v) is 4.45. The Hall–Kier alpha value is -2.14. The number of carbonyl (C=O) groups excluding carboxylic acids is 1. The molecule has 0 aliphatic rings. The highest BCUT2D eigenvalue weighted by atomic mass is 35.5. The lowest BCUT2D eigenvalue weighted by molar-refractivity contribution is 0.100. The summed E-state index contributed by atoms with van der Waals surface area (Å²) in [5, 5.41) is 3.11. The number of hydrogen-bond acceptors (Lipinski definition) is 4. The summed E-state index contributed by atoms with van der Waals surface area (Å²) in [6, 6.07) is 8.00. The van der Waals surface area contributed by atoms with Gasteiger partial charge in [0.25, 0.3) is 5.91 Å². The van der Waals surface area contributed by atoms with E-state index in [9.17, 15) is 4.79 Å². The van der Waals surface area contributed by atoms with E-state index in [2.05, 4.69) is 15.3 Å². The van der Waals surface area contributed by atoms with Gasteiger partial charge in [0.05, 0.1) is 5.56 Å². The van der Waals surface area contributed by atoms with Gasteiger partial charge in [0.2, 0.25) is 5.28 Å². The van der Waals surface area contributed by atoms with Crippen LogP contribution in [0.4, 0.5) is 5.82 Å². The number of carbonyl (C=O) groups is 1. The van der Waals surface area contributed by atoms with E-state index in [1.54, 1.807) is 0 Å². The van der Waals surface area contributed by atoms with Gasteiger partial charge in [-0.2, -0.15) is 4.98 Å². The van der Waals surface area contributed by atoms with Crippen LogP contribution in [0.15, 0.2) is 30.5 Å². The van der Waals surface area contributed by atoms with Crippen LogP contribution in [0.1, 0.15) is 21.5 Å². The minimum Gasteiger partial charge on any atom is -0.365 e. The third-order valence-electron chi connectivity index (χ3n) is 2.57. The van der Waals surface area contributed by atoms with Crippen molar-refractivity contribution < 1.29 is 4.79 Å². The zero-order valence-corrected chi connectivity index (χ0v) is 11.1. The summed E-state index contributed by atoms with van der Waals surface area (Å²) < 4.78 is 0.